The molecule has 34 heavy (non-hydrogen) atoms. The second kappa shape index (κ2) is 11.3. The molecule has 0 saturated carbocycles. The molecule has 0 bridgehead atoms. The molecule has 3 aromatic carbocycles. The average Bonchev–Trinajstić information content (AvgIpc) is 2.83. The number of nitro groups is 1. The van der Waals surface area contributed by atoms with Gasteiger partial charge in [-0.15, -0.1) is 0 Å². The van der Waals surface area contributed by atoms with E-state index in [4.69, 9.17) is 21.1 Å². The van der Waals surface area contributed by atoms with Crippen molar-refractivity contribution in [1.82, 2.24) is 0 Å². The van der Waals surface area contributed by atoms with Crippen molar-refractivity contribution in [3.05, 3.63) is 97.0 Å². The zero-order valence-electron chi connectivity index (χ0n) is 17.7. The molecule has 0 unspecified atom stereocenters. The smallest absolute Gasteiger partial charge is 0.271 e. The van der Waals surface area contributed by atoms with Gasteiger partial charge < -0.3 is 14.8 Å². The van der Waals surface area contributed by atoms with Crippen molar-refractivity contribution in [3.8, 4) is 17.6 Å². The largest absolute Gasteiger partial charge is 0.493 e. The Labute approximate surface area is 208 Å². The van der Waals surface area contributed by atoms with E-state index in [1.165, 1.54) is 25.3 Å². The van der Waals surface area contributed by atoms with E-state index in [1.54, 1.807) is 18.2 Å². The van der Waals surface area contributed by atoms with Crippen LogP contribution in [0.1, 0.15) is 11.1 Å². The zero-order valence-corrected chi connectivity index (χ0v) is 20.1. The molecule has 8 nitrogen and oxygen atoms in total. The molecule has 0 atom stereocenters. The van der Waals surface area contributed by atoms with Gasteiger partial charge in [0.15, 0.2) is 11.5 Å². The SMILES string of the molecule is COc1cccc(/C=C(\C#N)C(=O)Nc2cc([N+](=O)[O-])ccc2Cl)c1OCc1ccc(Br)cc1. The molecule has 10 heteroatoms. The topological polar surface area (TPSA) is 114 Å². The fourth-order valence-electron chi connectivity index (χ4n) is 2.91. The second-order valence-corrected chi connectivity index (χ2v) is 8.16. The molecule has 0 aromatic heterocycles. The van der Waals surface area contributed by atoms with Gasteiger partial charge in [-0.2, -0.15) is 5.26 Å². The number of non-ortho nitro benzene ring substituents is 1. The Kier molecular flexibility index (Phi) is 8.24. The molecule has 3 rings (SSSR count). The van der Waals surface area contributed by atoms with E-state index in [-0.39, 0.29) is 28.6 Å². The van der Waals surface area contributed by atoms with Crippen LogP contribution in [0.5, 0.6) is 11.5 Å². The molecule has 0 aliphatic heterocycles. The van der Waals surface area contributed by atoms with Gasteiger partial charge in [-0.05, 0) is 35.9 Å². The lowest BCUT2D eigenvalue weighted by Crippen LogP contribution is -2.14. The maximum Gasteiger partial charge on any atom is 0.271 e. The van der Waals surface area contributed by atoms with E-state index in [0.717, 1.165) is 16.1 Å². The van der Waals surface area contributed by atoms with Gasteiger partial charge in [-0.3, -0.25) is 14.9 Å². The third-order valence-electron chi connectivity index (χ3n) is 4.60. The monoisotopic (exact) mass is 541 g/mol. The number of halogens is 2. The second-order valence-electron chi connectivity index (χ2n) is 6.84. The third-order valence-corrected chi connectivity index (χ3v) is 5.46. The van der Waals surface area contributed by atoms with Crippen LogP contribution in [0.25, 0.3) is 6.08 Å². The van der Waals surface area contributed by atoms with Crippen LogP contribution in [-0.2, 0) is 11.4 Å². The van der Waals surface area contributed by atoms with Crippen LogP contribution >= 0.6 is 27.5 Å². The number of anilines is 1. The fraction of sp³-hybridized carbons (Fsp3) is 0.0833. The molecule has 0 radical (unpaired) electrons. The number of amides is 1. The molecule has 1 N–H and O–H groups in total. The first-order valence-electron chi connectivity index (χ1n) is 9.73. The maximum absolute atomic E-state index is 12.8. The molecule has 0 fully saturated rings. The standard InChI is InChI=1S/C24H17BrClN3O5/c1-33-22-4-2-3-16(23(22)34-14-15-5-7-18(25)8-6-15)11-17(13-27)24(30)28-21-12-19(29(31)32)9-10-20(21)26/h2-12H,14H2,1H3,(H,28,30)/b17-11+. The summed E-state index contributed by atoms with van der Waals surface area (Å²) in [6.07, 6.45) is 1.35. The van der Waals surface area contributed by atoms with Crippen LogP contribution < -0.4 is 14.8 Å². The van der Waals surface area contributed by atoms with Crippen molar-refractivity contribution >= 4 is 50.9 Å². The first-order chi connectivity index (χ1) is 16.3. The average molecular weight is 543 g/mol. The summed E-state index contributed by atoms with van der Waals surface area (Å²) in [5, 5.41) is 23.2. The van der Waals surface area contributed by atoms with Gasteiger partial charge in [0, 0.05) is 22.2 Å². The van der Waals surface area contributed by atoms with Crippen LogP contribution in [0, 0.1) is 21.4 Å². The van der Waals surface area contributed by atoms with E-state index in [9.17, 15) is 20.2 Å². The Morgan fingerprint density at radius 1 is 1.24 bits per heavy atom. The van der Waals surface area contributed by atoms with Crippen LogP contribution in [-0.4, -0.2) is 17.9 Å². The van der Waals surface area contributed by atoms with Crippen LogP contribution in [0.3, 0.4) is 0 Å². The van der Waals surface area contributed by atoms with Crippen molar-refractivity contribution in [1.29, 1.82) is 5.26 Å². The Morgan fingerprint density at radius 3 is 2.62 bits per heavy atom. The maximum atomic E-state index is 12.8. The number of hydrogen-bond donors (Lipinski definition) is 1. The molecule has 0 aliphatic rings. The number of ether oxygens (including phenoxy) is 2. The highest BCUT2D eigenvalue weighted by atomic mass is 79.9. The number of nitrogens with one attached hydrogen (secondary N) is 1. The minimum absolute atomic E-state index is 0.0133. The van der Waals surface area contributed by atoms with Gasteiger partial charge in [-0.25, -0.2) is 0 Å². The van der Waals surface area contributed by atoms with E-state index in [2.05, 4.69) is 21.2 Å². The molecule has 0 spiro atoms. The number of benzene rings is 3. The van der Waals surface area contributed by atoms with Crippen molar-refractivity contribution in [3.63, 3.8) is 0 Å². The van der Waals surface area contributed by atoms with Gasteiger partial charge in [-0.1, -0.05) is 51.8 Å². The van der Waals surface area contributed by atoms with Crippen molar-refractivity contribution in [2.75, 3.05) is 12.4 Å². The van der Waals surface area contributed by atoms with Crippen LogP contribution in [0.2, 0.25) is 5.02 Å². The number of methoxy groups -OCH3 is 1. The molecule has 3 aromatic rings. The number of rotatable bonds is 8. The lowest BCUT2D eigenvalue weighted by atomic mass is 10.1. The minimum atomic E-state index is -0.786. The van der Waals surface area contributed by atoms with E-state index < -0.39 is 10.8 Å². The van der Waals surface area contributed by atoms with Crippen LogP contribution in [0.15, 0.2) is 70.7 Å². The summed E-state index contributed by atoms with van der Waals surface area (Å²) in [7, 11) is 1.48. The number of nitriles is 1. The number of nitro benzene ring substituents is 1. The summed E-state index contributed by atoms with van der Waals surface area (Å²) < 4.78 is 12.3. The van der Waals surface area contributed by atoms with E-state index in [1.807, 2.05) is 30.3 Å². The van der Waals surface area contributed by atoms with Gasteiger partial charge >= 0.3 is 0 Å². The molecule has 0 saturated heterocycles. The Hall–Kier alpha value is -3.87. The first kappa shape index (κ1) is 24.8. The summed E-state index contributed by atoms with van der Waals surface area (Å²) in [5.41, 5.74) is 0.846. The zero-order chi connectivity index (χ0) is 24.7. The molecular formula is C24H17BrClN3O5. The highest BCUT2D eigenvalue weighted by Gasteiger charge is 2.17. The number of hydrogen-bond acceptors (Lipinski definition) is 6. The Balaban J connectivity index is 1.90. The number of carbonyl (C=O) groups is 1. The first-order valence-corrected chi connectivity index (χ1v) is 10.9. The van der Waals surface area contributed by atoms with Gasteiger partial charge in [0.05, 0.1) is 22.7 Å². The van der Waals surface area contributed by atoms with Crippen LogP contribution in [0.4, 0.5) is 11.4 Å². The van der Waals surface area contributed by atoms with Crippen molar-refractivity contribution < 1.29 is 19.2 Å². The Morgan fingerprint density at radius 2 is 1.97 bits per heavy atom. The molecular weight excluding hydrogens is 526 g/mol. The number of para-hydroxylation sites is 1. The quantitative estimate of drug-likeness (QED) is 0.158. The Bertz CT molecular complexity index is 1300. The normalized spacial score (nSPS) is 10.8. The summed E-state index contributed by atoms with van der Waals surface area (Å²) in [5.74, 6) is -0.0151. The van der Waals surface area contributed by atoms with E-state index in [0.29, 0.717) is 17.1 Å². The predicted molar refractivity (Wildman–Crippen MR) is 132 cm³/mol. The molecule has 0 aliphatic carbocycles. The highest BCUT2D eigenvalue weighted by Crippen LogP contribution is 2.34. The number of nitrogens with zero attached hydrogens (tertiary/aromatic N) is 2. The molecule has 1 amide bonds. The van der Waals surface area contributed by atoms with Gasteiger partial charge in [0.25, 0.3) is 11.6 Å². The van der Waals surface area contributed by atoms with Gasteiger partial charge in [0.1, 0.15) is 18.2 Å². The van der Waals surface area contributed by atoms with E-state index >= 15 is 0 Å². The summed E-state index contributed by atoms with van der Waals surface area (Å²) in [6, 6.07) is 18.1. The molecule has 172 valence electrons. The summed E-state index contributed by atoms with van der Waals surface area (Å²) in [6.45, 7) is 0.228. The minimum Gasteiger partial charge on any atom is -0.493 e. The molecule has 0 heterocycles. The van der Waals surface area contributed by atoms with Crippen molar-refractivity contribution in [2.45, 2.75) is 6.61 Å². The number of carbonyl (C=O) groups excluding carboxylic acids is 1. The lowest BCUT2D eigenvalue weighted by Gasteiger charge is -2.14. The fourth-order valence-corrected chi connectivity index (χ4v) is 3.34. The third kappa shape index (κ3) is 6.13. The lowest BCUT2D eigenvalue weighted by molar-refractivity contribution is -0.384. The highest BCUT2D eigenvalue weighted by molar-refractivity contribution is 9.10. The van der Waals surface area contributed by atoms with Gasteiger partial charge in [0.2, 0.25) is 0 Å². The summed E-state index contributed by atoms with van der Waals surface area (Å²) >= 11 is 9.43. The summed E-state index contributed by atoms with van der Waals surface area (Å²) in [4.78, 5) is 23.2. The van der Waals surface area contributed by atoms with Crippen molar-refractivity contribution in [2.24, 2.45) is 0 Å². The predicted octanol–water partition coefficient (Wildman–Crippen LogP) is 6.14.